The highest BCUT2D eigenvalue weighted by Crippen LogP contribution is 2.41. The van der Waals surface area contributed by atoms with Gasteiger partial charge in [0.15, 0.2) is 0 Å². The molecule has 7 nitrogen and oxygen atoms in total. The Bertz CT molecular complexity index is 756. The molecular formula is C18H26N6O. The standard InChI is InChI=1S/C18H26N6O/c25-18(12-22-7-1-2-8-22)5-9-23(10-6-18)16-11-15(14-3-4-14)21-24-13-19-20-17(16)24/h11,13-14,25H,1-10,12H2. The Morgan fingerprint density at radius 1 is 1.12 bits per heavy atom. The number of likely N-dealkylation sites (tertiary alicyclic amines) is 1. The molecule has 1 N–H and O–H groups in total. The van der Waals surface area contributed by atoms with Crippen molar-refractivity contribution in [3.05, 3.63) is 18.1 Å². The number of anilines is 1. The smallest absolute Gasteiger partial charge is 0.200 e. The van der Waals surface area contributed by atoms with Gasteiger partial charge in [-0.25, -0.2) is 0 Å². The van der Waals surface area contributed by atoms with Gasteiger partial charge in [0.05, 0.1) is 17.0 Å². The van der Waals surface area contributed by atoms with Crippen LogP contribution in [0.2, 0.25) is 0 Å². The summed E-state index contributed by atoms with van der Waals surface area (Å²) in [6.07, 6.45) is 8.32. The van der Waals surface area contributed by atoms with Crippen molar-refractivity contribution in [2.24, 2.45) is 0 Å². The van der Waals surface area contributed by atoms with E-state index in [4.69, 9.17) is 0 Å². The number of fused-ring (bicyclic) bond motifs is 1. The van der Waals surface area contributed by atoms with E-state index >= 15 is 0 Å². The van der Waals surface area contributed by atoms with E-state index in [9.17, 15) is 5.11 Å². The predicted molar refractivity (Wildman–Crippen MR) is 94.8 cm³/mol. The van der Waals surface area contributed by atoms with Crippen LogP contribution in [-0.4, -0.2) is 68.1 Å². The molecule has 0 spiro atoms. The predicted octanol–water partition coefficient (Wildman–Crippen LogP) is 1.43. The molecule has 134 valence electrons. The Kier molecular flexibility index (Phi) is 3.67. The second-order valence-electron chi connectivity index (χ2n) is 8.02. The number of hydrogen-bond acceptors (Lipinski definition) is 6. The molecule has 1 aliphatic carbocycles. The highest BCUT2D eigenvalue weighted by Gasteiger charge is 2.36. The molecule has 3 aliphatic rings. The normalized spacial score (nSPS) is 24.3. The third-order valence-electron chi connectivity index (χ3n) is 6.01. The minimum Gasteiger partial charge on any atom is -0.388 e. The number of aliphatic hydroxyl groups is 1. The third-order valence-corrected chi connectivity index (χ3v) is 6.01. The van der Waals surface area contributed by atoms with Gasteiger partial charge in [-0.05, 0) is 57.7 Å². The molecule has 2 saturated heterocycles. The summed E-state index contributed by atoms with van der Waals surface area (Å²) in [5, 5.41) is 24.0. The van der Waals surface area contributed by atoms with Crippen molar-refractivity contribution >= 4 is 11.3 Å². The van der Waals surface area contributed by atoms with Crippen molar-refractivity contribution in [1.82, 2.24) is 24.7 Å². The second-order valence-corrected chi connectivity index (χ2v) is 8.02. The summed E-state index contributed by atoms with van der Waals surface area (Å²) in [6.45, 7) is 4.83. The zero-order chi connectivity index (χ0) is 16.9. The van der Waals surface area contributed by atoms with Crippen LogP contribution in [-0.2, 0) is 0 Å². The first-order chi connectivity index (χ1) is 12.2. The molecule has 0 aromatic carbocycles. The number of aromatic nitrogens is 4. The molecule has 5 rings (SSSR count). The van der Waals surface area contributed by atoms with Gasteiger partial charge < -0.3 is 14.9 Å². The minimum atomic E-state index is -0.544. The van der Waals surface area contributed by atoms with Crippen LogP contribution in [0.25, 0.3) is 5.65 Å². The van der Waals surface area contributed by atoms with E-state index in [-0.39, 0.29) is 0 Å². The Labute approximate surface area is 147 Å². The van der Waals surface area contributed by atoms with Gasteiger partial charge in [0.1, 0.15) is 6.33 Å². The maximum Gasteiger partial charge on any atom is 0.200 e. The summed E-state index contributed by atoms with van der Waals surface area (Å²) < 4.78 is 1.81. The Morgan fingerprint density at radius 2 is 1.88 bits per heavy atom. The largest absolute Gasteiger partial charge is 0.388 e. The van der Waals surface area contributed by atoms with Gasteiger partial charge in [0.2, 0.25) is 5.65 Å². The molecule has 2 aliphatic heterocycles. The number of nitrogens with zero attached hydrogens (tertiary/aromatic N) is 6. The lowest BCUT2D eigenvalue weighted by Crippen LogP contribution is -2.50. The summed E-state index contributed by atoms with van der Waals surface area (Å²) >= 11 is 0. The van der Waals surface area contributed by atoms with Crippen molar-refractivity contribution in [2.75, 3.05) is 37.6 Å². The molecule has 25 heavy (non-hydrogen) atoms. The molecule has 2 aromatic heterocycles. The average molecular weight is 342 g/mol. The molecule has 1 saturated carbocycles. The lowest BCUT2D eigenvalue weighted by molar-refractivity contribution is -0.0110. The van der Waals surface area contributed by atoms with E-state index in [0.717, 1.165) is 62.6 Å². The van der Waals surface area contributed by atoms with Crippen molar-refractivity contribution in [3.8, 4) is 0 Å². The van der Waals surface area contributed by atoms with Gasteiger partial charge >= 0.3 is 0 Å². The number of β-amino-alcohol motifs (C(OH)–C–C–N with tert-alkyl or cyclic N) is 1. The lowest BCUT2D eigenvalue weighted by Gasteiger charge is -2.41. The van der Waals surface area contributed by atoms with Crippen LogP contribution in [0.1, 0.15) is 50.1 Å². The van der Waals surface area contributed by atoms with Crippen LogP contribution < -0.4 is 4.90 Å². The number of hydrogen-bond donors (Lipinski definition) is 1. The Hall–Kier alpha value is -1.73. The average Bonchev–Trinajstić information content (AvgIpc) is 3.13. The summed E-state index contributed by atoms with van der Waals surface area (Å²) in [5.41, 5.74) is 2.56. The number of rotatable bonds is 4. The number of piperidine rings is 1. The highest BCUT2D eigenvalue weighted by molar-refractivity contribution is 5.68. The first-order valence-electron chi connectivity index (χ1n) is 9.61. The fraction of sp³-hybridized carbons (Fsp3) is 0.722. The van der Waals surface area contributed by atoms with E-state index in [0.29, 0.717) is 5.92 Å². The van der Waals surface area contributed by atoms with Gasteiger partial charge in [-0.1, -0.05) is 0 Å². The Balaban J connectivity index is 1.35. The van der Waals surface area contributed by atoms with E-state index in [1.807, 2.05) is 4.52 Å². The van der Waals surface area contributed by atoms with E-state index < -0.39 is 5.60 Å². The van der Waals surface area contributed by atoms with Crippen LogP contribution in [0.5, 0.6) is 0 Å². The molecular weight excluding hydrogens is 316 g/mol. The molecule has 3 fully saturated rings. The summed E-state index contributed by atoms with van der Waals surface area (Å²) in [5.74, 6) is 0.599. The van der Waals surface area contributed by atoms with Crippen molar-refractivity contribution in [1.29, 1.82) is 0 Å². The zero-order valence-corrected chi connectivity index (χ0v) is 14.6. The fourth-order valence-corrected chi connectivity index (χ4v) is 4.32. The SMILES string of the molecule is OC1(CN2CCCC2)CCN(c2cc(C3CC3)nn3cnnc23)CC1. The molecule has 0 bridgehead atoms. The topological polar surface area (TPSA) is 69.8 Å². The summed E-state index contributed by atoms with van der Waals surface area (Å²) in [7, 11) is 0. The van der Waals surface area contributed by atoms with E-state index in [2.05, 4.69) is 31.2 Å². The van der Waals surface area contributed by atoms with Gasteiger partial charge in [-0.15, -0.1) is 10.2 Å². The van der Waals surface area contributed by atoms with Crippen LogP contribution in [0.4, 0.5) is 5.69 Å². The molecule has 2 aromatic rings. The zero-order valence-electron chi connectivity index (χ0n) is 14.6. The van der Waals surface area contributed by atoms with E-state index in [1.54, 1.807) is 6.33 Å². The van der Waals surface area contributed by atoms with Gasteiger partial charge in [-0.3, -0.25) is 0 Å². The quantitative estimate of drug-likeness (QED) is 0.906. The van der Waals surface area contributed by atoms with Crippen molar-refractivity contribution < 1.29 is 5.11 Å². The molecule has 0 unspecified atom stereocenters. The molecule has 7 heteroatoms. The molecule has 0 amide bonds. The van der Waals surface area contributed by atoms with Crippen molar-refractivity contribution in [3.63, 3.8) is 0 Å². The van der Waals surface area contributed by atoms with Crippen LogP contribution >= 0.6 is 0 Å². The first kappa shape index (κ1) is 15.5. The second kappa shape index (κ2) is 5.92. The molecule has 0 radical (unpaired) electrons. The lowest BCUT2D eigenvalue weighted by atomic mass is 9.90. The summed E-state index contributed by atoms with van der Waals surface area (Å²) in [6, 6.07) is 2.20. The summed E-state index contributed by atoms with van der Waals surface area (Å²) in [4.78, 5) is 4.78. The van der Waals surface area contributed by atoms with Crippen LogP contribution in [0.3, 0.4) is 0 Å². The van der Waals surface area contributed by atoms with E-state index in [1.165, 1.54) is 25.7 Å². The maximum absolute atomic E-state index is 11.0. The monoisotopic (exact) mass is 342 g/mol. The molecule has 4 heterocycles. The third kappa shape index (κ3) is 3.00. The Morgan fingerprint density at radius 3 is 2.60 bits per heavy atom. The highest BCUT2D eigenvalue weighted by atomic mass is 16.3. The van der Waals surface area contributed by atoms with Crippen LogP contribution in [0, 0.1) is 0 Å². The first-order valence-corrected chi connectivity index (χ1v) is 9.61. The van der Waals surface area contributed by atoms with Gasteiger partial charge in [0, 0.05) is 25.6 Å². The molecule has 0 atom stereocenters. The van der Waals surface area contributed by atoms with Crippen LogP contribution in [0.15, 0.2) is 12.4 Å². The van der Waals surface area contributed by atoms with Gasteiger partial charge in [0.25, 0.3) is 0 Å². The maximum atomic E-state index is 11.0. The fourth-order valence-electron chi connectivity index (χ4n) is 4.32. The minimum absolute atomic E-state index is 0.544. The van der Waals surface area contributed by atoms with Crippen molar-refractivity contribution in [2.45, 2.75) is 50.0 Å². The van der Waals surface area contributed by atoms with Gasteiger partial charge in [-0.2, -0.15) is 9.61 Å².